The number of hydrogen-bond donors (Lipinski definition) is 2. The number of anilines is 1. The van der Waals surface area contributed by atoms with Crippen LogP contribution in [0.3, 0.4) is 0 Å². The zero-order chi connectivity index (χ0) is 13.8. The Labute approximate surface area is 115 Å². The summed E-state index contributed by atoms with van der Waals surface area (Å²) >= 11 is 0. The van der Waals surface area contributed by atoms with E-state index < -0.39 is 5.97 Å². The van der Waals surface area contributed by atoms with E-state index in [4.69, 9.17) is 5.11 Å². The standard InChI is InChI=1S/C16H23NO2/c1-11-4-3-5-12(2)15(11)17-10-13-6-8-14(9-7-13)16(18)19/h3-5,13-14,17H,6-10H2,1-2H3,(H,18,19). The van der Waals surface area contributed by atoms with Crippen molar-refractivity contribution in [2.45, 2.75) is 39.5 Å². The fourth-order valence-corrected chi connectivity index (χ4v) is 2.95. The van der Waals surface area contributed by atoms with Crippen LogP contribution in [0.5, 0.6) is 0 Å². The molecular weight excluding hydrogens is 238 g/mol. The molecule has 1 aromatic rings. The second-order valence-electron chi connectivity index (χ2n) is 5.70. The van der Waals surface area contributed by atoms with E-state index in [2.05, 4.69) is 37.4 Å². The minimum Gasteiger partial charge on any atom is -0.481 e. The molecule has 0 saturated heterocycles. The molecule has 0 bridgehead atoms. The van der Waals surface area contributed by atoms with Gasteiger partial charge in [-0.25, -0.2) is 0 Å². The van der Waals surface area contributed by atoms with Crippen LogP contribution in [-0.2, 0) is 4.79 Å². The maximum absolute atomic E-state index is 10.9. The van der Waals surface area contributed by atoms with Crippen molar-refractivity contribution in [3.05, 3.63) is 29.3 Å². The minimum atomic E-state index is -0.624. The lowest BCUT2D eigenvalue weighted by atomic mass is 9.82. The van der Waals surface area contributed by atoms with Gasteiger partial charge in [0.1, 0.15) is 0 Å². The van der Waals surface area contributed by atoms with Gasteiger partial charge in [0, 0.05) is 12.2 Å². The lowest BCUT2D eigenvalue weighted by Crippen LogP contribution is -2.25. The number of hydrogen-bond acceptors (Lipinski definition) is 2. The Morgan fingerprint density at radius 2 is 1.79 bits per heavy atom. The zero-order valence-electron chi connectivity index (χ0n) is 11.8. The molecule has 1 saturated carbocycles. The maximum atomic E-state index is 10.9. The van der Waals surface area contributed by atoms with E-state index in [1.165, 1.54) is 16.8 Å². The Hall–Kier alpha value is -1.51. The highest BCUT2D eigenvalue weighted by Crippen LogP contribution is 2.29. The van der Waals surface area contributed by atoms with Crippen LogP contribution in [0.1, 0.15) is 36.8 Å². The second-order valence-corrected chi connectivity index (χ2v) is 5.70. The molecule has 0 unspecified atom stereocenters. The van der Waals surface area contributed by atoms with Gasteiger partial charge in [0.2, 0.25) is 0 Å². The second kappa shape index (κ2) is 6.09. The van der Waals surface area contributed by atoms with Crippen LogP contribution in [0.2, 0.25) is 0 Å². The third-order valence-electron chi connectivity index (χ3n) is 4.24. The zero-order valence-corrected chi connectivity index (χ0v) is 11.8. The van der Waals surface area contributed by atoms with Crippen molar-refractivity contribution in [2.24, 2.45) is 11.8 Å². The van der Waals surface area contributed by atoms with Gasteiger partial charge in [-0.2, -0.15) is 0 Å². The van der Waals surface area contributed by atoms with Crippen LogP contribution in [0, 0.1) is 25.7 Å². The minimum absolute atomic E-state index is 0.114. The summed E-state index contributed by atoms with van der Waals surface area (Å²) in [5.74, 6) is -0.132. The Bertz CT molecular complexity index is 428. The lowest BCUT2D eigenvalue weighted by Gasteiger charge is -2.27. The highest BCUT2D eigenvalue weighted by molar-refractivity contribution is 5.70. The Morgan fingerprint density at radius 3 is 2.32 bits per heavy atom. The van der Waals surface area contributed by atoms with Crippen molar-refractivity contribution >= 4 is 11.7 Å². The van der Waals surface area contributed by atoms with Crippen LogP contribution in [0.4, 0.5) is 5.69 Å². The summed E-state index contributed by atoms with van der Waals surface area (Å²) < 4.78 is 0. The van der Waals surface area contributed by atoms with Crippen molar-refractivity contribution in [2.75, 3.05) is 11.9 Å². The molecule has 19 heavy (non-hydrogen) atoms. The van der Waals surface area contributed by atoms with Crippen LogP contribution in [-0.4, -0.2) is 17.6 Å². The summed E-state index contributed by atoms with van der Waals surface area (Å²) in [6.07, 6.45) is 3.70. The average molecular weight is 261 g/mol. The number of para-hydroxylation sites is 1. The number of carboxylic acid groups (broad SMARTS) is 1. The van der Waals surface area contributed by atoms with Crippen LogP contribution in [0.25, 0.3) is 0 Å². The lowest BCUT2D eigenvalue weighted by molar-refractivity contribution is -0.143. The first-order valence-corrected chi connectivity index (χ1v) is 7.11. The molecular formula is C16H23NO2. The fourth-order valence-electron chi connectivity index (χ4n) is 2.95. The predicted octanol–water partition coefficient (Wildman–Crippen LogP) is 3.61. The maximum Gasteiger partial charge on any atom is 0.306 e. The van der Waals surface area contributed by atoms with E-state index in [1.54, 1.807) is 0 Å². The summed E-state index contributed by atoms with van der Waals surface area (Å²) in [5.41, 5.74) is 3.79. The molecule has 3 heteroatoms. The van der Waals surface area contributed by atoms with Crippen molar-refractivity contribution in [3.63, 3.8) is 0 Å². The first-order chi connectivity index (χ1) is 9.08. The van der Waals surface area contributed by atoms with Gasteiger partial charge in [-0.1, -0.05) is 18.2 Å². The molecule has 2 rings (SSSR count). The van der Waals surface area contributed by atoms with E-state index in [9.17, 15) is 4.79 Å². The van der Waals surface area contributed by atoms with Crippen molar-refractivity contribution in [1.82, 2.24) is 0 Å². The molecule has 0 heterocycles. The molecule has 1 aliphatic rings. The van der Waals surface area contributed by atoms with Gasteiger partial charge in [0.15, 0.2) is 0 Å². The normalized spacial score (nSPS) is 23.1. The molecule has 0 atom stereocenters. The van der Waals surface area contributed by atoms with Crippen molar-refractivity contribution in [3.8, 4) is 0 Å². The van der Waals surface area contributed by atoms with Crippen molar-refractivity contribution < 1.29 is 9.90 Å². The first kappa shape index (κ1) is 13.9. The molecule has 1 aromatic carbocycles. The highest BCUT2D eigenvalue weighted by atomic mass is 16.4. The Balaban J connectivity index is 1.86. The van der Waals surface area contributed by atoms with E-state index in [0.29, 0.717) is 5.92 Å². The molecule has 1 fully saturated rings. The number of aryl methyl sites for hydroxylation is 2. The van der Waals surface area contributed by atoms with Crippen LogP contribution < -0.4 is 5.32 Å². The molecule has 0 aromatic heterocycles. The molecule has 1 aliphatic carbocycles. The average Bonchev–Trinajstić information content (AvgIpc) is 2.38. The molecule has 0 radical (unpaired) electrons. The Morgan fingerprint density at radius 1 is 1.21 bits per heavy atom. The van der Waals surface area contributed by atoms with Gasteiger partial charge < -0.3 is 10.4 Å². The summed E-state index contributed by atoms with van der Waals surface area (Å²) in [4.78, 5) is 10.9. The van der Waals surface area contributed by atoms with E-state index in [-0.39, 0.29) is 5.92 Å². The SMILES string of the molecule is Cc1cccc(C)c1NCC1CCC(C(=O)O)CC1. The quantitative estimate of drug-likeness (QED) is 0.870. The topological polar surface area (TPSA) is 49.3 Å². The molecule has 0 amide bonds. The molecule has 3 nitrogen and oxygen atoms in total. The number of aliphatic carboxylic acids is 1. The van der Waals surface area contributed by atoms with Gasteiger partial charge in [0.25, 0.3) is 0 Å². The molecule has 2 N–H and O–H groups in total. The summed E-state index contributed by atoms with van der Waals surface area (Å²) in [6.45, 7) is 5.20. The first-order valence-electron chi connectivity index (χ1n) is 7.11. The Kier molecular flexibility index (Phi) is 4.46. The predicted molar refractivity (Wildman–Crippen MR) is 77.5 cm³/mol. The van der Waals surface area contributed by atoms with Gasteiger partial charge in [-0.3, -0.25) is 4.79 Å². The smallest absolute Gasteiger partial charge is 0.306 e. The van der Waals surface area contributed by atoms with Crippen LogP contribution >= 0.6 is 0 Å². The van der Waals surface area contributed by atoms with Crippen molar-refractivity contribution in [1.29, 1.82) is 0 Å². The van der Waals surface area contributed by atoms with Gasteiger partial charge in [-0.15, -0.1) is 0 Å². The number of nitrogens with one attached hydrogen (secondary N) is 1. The summed E-state index contributed by atoms with van der Waals surface area (Å²) in [7, 11) is 0. The largest absolute Gasteiger partial charge is 0.481 e. The number of carboxylic acids is 1. The third-order valence-corrected chi connectivity index (χ3v) is 4.24. The summed E-state index contributed by atoms with van der Waals surface area (Å²) in [6, 6.07) is 6.32. The monoisotopic (exact) mass is 261 g/mol. The molecule has 104 valence electrons. The van der Waals surface area contributed by atoms with Crippen LogP contribution in [0.15, 0.2) is 18.2 Å². The fraction of sp³-hybridized carbons (Fsp3) is 0.562. The number of benzene rings is 1. The number of carbonyl (C=O) groups is 1. The summed E-state index contributed by atoms with van der Waals surface area (Å²) in [5, 5.41) is 12.5. The van der Waals surface area contributed by atoms with Gasteiger partial charge in [0.05, 0.1) is 5.92 Å². The van der Waals surface area contributed by atoms with E-state index >= 15 is 0 Å². The highest BCUT2D eigenvalue weighted by Gasteiger charge is 2.25. The van der Waals surface area contributed by atoms with Gasteiger partial charge >= 0.3 is 5.97 Å². The van der Waals surface area contributed by atoms with E-state index in [1.807, 2.05) is 0 Å². The molecule has 0 spiro atoms. The molecule has 0 aliphatic heterocycles. The van der Waals surface area contributed by atoms with E-state index in [0.717, 1.165) is 32.2 Å². The number of rotatable bonds is 4. The van der Waals surface area contributed by atoms with Gasteiger partial charge in [-0.05, 0) is 56.6 Å². The third kappa shape index (κ3) is 3.49.